The Morgan fingerprint density at radius 3 is 2.80 bits per heavy atom. The van der Waals surface area contributed by atoms with Crippen molar-refractivity contribution in [3.8, 4) is 0 Å². The number of halogens is 1. The van der Waals surface area contributed by atoms with Crippen LogP contribution in [0.1, 0.15) is 25.7 Å². The molecule has 1 nitrogen and oxygen atoms in total. The van der Waals surface area contributed by atoms with E-state index in [2.05, 4.69) is 17.7 Å². The minimum atomic E-state index is -0.482. The van der Waals surface area contributed by atoms with Crippen LogP contribution >= 0.6 is 17.7 Å². The van der Waals surface area contributed by atoms with Gasteiger partial charge in [-0.1, -0.05) is 0 Å². The molecule has 0 spiro atoms. The van der Waals surface area contributed by atoms with Crippen molar-refractivity contribution in [2.45, 2.75) is 41.3 Å². The molecule has 2 fully saturated rings. The minimum absolute atomic E-state index is 0.482. The summed E-state index contributed by atoms with van der Waals surface area (Å²) in [4.78, 5) is 0. The topological polar surface area (TPSA) is 9.23 Å². The van der Waals surface area contributed by atoms with E-state index in [-0.39, 0.29) is 0 Å². The van der Waals surface area contributed by atoms with Gasteiger partial charge < -0.3 is 0 Å². The van der Waals surface area contributed by atoms with Crippen LogP contribution in [0.25, 0.3) is 0 Å². The van der Waals surface area contributed by atoms with E-state index in [0.717, 1.165) is 9.53 Å². The summed E-state index contributed by atoms with van der Waals surface area (Å²) < 4.78 is 6.95. The molecule has 3 atom stereocenters. The predicted octanol–water partition coefficient (Wildman–Crippen LogP) is 2.55. The van der Waals surface area contributed by atoms with Gasteiger partial charge in [-0.2, -0.15) is 0 Å². The monoisotopic (exact) mass is 440 g/mol. The van der Waals surface area contributed by atoms with Crippen LogP contribution in [0, 0.1) is 0 Å². The van der Waals surface area contributed by atoms with Crippen LogP contribution in [-0.2, 0) is 25.0 Å². The van der Waals surface area contributed by atoms with Crippen LogP contribution in [-0.4, -0.2) is 12.2 Å². The van der Waals surface area contributed by atoms with Gasteiger partial charge in [-0.3, -0.25) is 0 Å². The van der Waals surface area contributed by atoms with Gasteiger partial charge in [0.05, 0.1) is 0 Å². The number of rotatable bonds is 1. The summed E-state index contributed by atoms with van der Waals surface area (Å²) in [6.45, 7) is 0. The molecule has 0 aromatic rings. The fourth-order valence-corrected chi connectivity index (χ4v) is 14.5. The third-order valence-electron chi connectivity index (χ3n) is 2.72. The van der Waals surface area contributed by atoms with Gasteiger partial charge in [-0.25, -0.2) is 0 Å². The van der Waals surface area contributed by atoms with E-state index >= 15 is 0 Å². The molecule has 54 valence electrons. The summed E-state index contributed by atoms with van der Waals surface area (Å²) >= 11 is 2.22. The molecule has 2 bridgehead atoms. The third-order valence-corrected chi connectivity index (χ3v) is 17.8. The first kappa shape index (κ1) is 8.23. The van der Waals surface area contributed by atoms with Crippen molar-refractivity contribution >= 4 is 17.7 Å². The molecular weight excluding hydrogens is 428 g/mol. The summed E-state index contributed by atoms with van der Waals surface area (Å²) in [6, 6.07) is 0. The molecule has 3 heteroatoms. The van der Waals surface area contributed by atoms with E-state index in [4.69, 9.17) is 4.74 Å². The molecule has 2 heterocycles. The maximum atomic E-state index is 5.85. The van der Waals surface area contributed by atoms with Crippen LogP contribution < -0.4 is 0 Å². The molecule has 0 aromatic carbocycles. The van der Waals surface area contributed by atoms with Gasteiger partial charge in [0.15, 0.2) is 0 Å². The van der Waals surface area contributed by atoms with Crippen LogP contribution in [0.3, 0.4) is 0 Å². The fraction of sp³-hybridized carbons (Fsp3) is 1.00. The first-order valence-electron chi connectivity index (χ1n) is 4.11. The molecule has 2 aliphatic heterocycles. The van der Waals surface area contributed by atoms with E-state index in [1.807, 2.05) is 0 Å². The summed E-state index contributed by atoms with van der Waals surface area (Å²) in [7, 11) is 0. The van der Waals surface area contributed by atoms with E-state index in [9.17, 15) is 0 Å². The summed E-state index contributed by atoms with van der Waals surface area (Å²) in [6.07, 6.45) is 7.06. The zero-order valence-corrected chi connectivity index (χ0v) is 13.7. The van der Waals surface area contributed by atoms with Crippen molar-refractivity contribution in [3.05, 3.63) is 0 Å². The van der Waals surface area contributed by atoms with Crippen molar-refractivity contribution < 1.29 is 25.0 Å². The Morgan fingerprint density at radius 1 is 1.20 bits per heavy atom. The van der Waals surface area contributed by atoms with Gasteiger partial charge in [0.1, 0.15) is 0 Å². The van der Waals surface area contributed by atoms with Gasteiger partial charge in [0.2, 0.25) is 0 Å². The molecule has 3 unspecified atom stereocenters. The van der Waals surface area contributed by atoms with Gasteiger partial charge in [-0.15, -0.1) is 0 Å². The Morgan fingerprint density at radius 2 is 2.00 bits per heavy atom. The molecule has 2 rings (SSSR count). The Balaban J connectivity index is 2.00. The second kappa shape index (κ2) is 3.56. The molecule has 0 N–H and O–H groups in total. The van der Waals surface area contributed by atoms with E-state index in [0.29, 0.717) is 6.10 Å². The number of hydrogen-bond acceptors (Lipinski definition) is 1. The molecular formula is C7H11HgIO. The van der Waals surface area contributed by atoms with E-state index in [1.54, 1.807) is 0 Å². The quantitative estimate of drug-likeness (QED) is 0.452. The number of fused-ring (bicyclic) bond motifs is 2. The van der Waals surface area contributed by atoms with Crippen molar-refractivity contribution in [2.75, 3.05) is 0 Å². The van der Waals surface area contributed by atoms with Crippen LogP contribution in [0.4, 0.5) is 0 Å². The second-order valence-electron chi connectivity index (χ2n) is 3.37. The predicted molar refractivity (Wildman–Crippen MR) is 44.9 cm³/mol. The fourth-order valence-electron chi connectivity index (χ4n) is 2.06. The van der Waals surface area contributed by atoms with Crippen LogP contribution in [0.2, 0.25) is 3.43 Å². The first-order chi connectivity index (χ1) is 4.90. The summed E-state index contributed by atoms with van der Waals surface area (Å²) in [5, 5.41) is 0. The number of ether oxygens (including phenoxy) is 1. The van der Waals surface area contributed by atoms with Crippen molar-refractivity contribution in [1.29, 1.82) is 0 Å². The molecule has 10 heavy (non-hydrogen) atoms. The first-order valence-corrected chi connectivity index (χ1v) is 22.8. The molecule has 0 saturated carbocycles. The van der Waals surface area contributed by atoms with Gasteiger partial charge in [0, 0.05) is 0 Å². The molecule has 0 radical (unpaired) electrons. The van der Waals surface area contributed by atoms with Crippen molar-refractivity contribution in [2.24, 2.45) is 0 Å². The SMILES string of the molecule is [I][Hg][CH]1CCC2CCC1O2. The molecule has 2 aliphatic rings. The molecule has 2 saturated heterocycles. The average molecular weight is 439 g/mol. The second-order valence-corrected chi connectivity index (χ2v) is 16.4. The standard InChI is InChI=1S/C7H11O.Hg.HI/c1-2-6-4-5-7(3-1)8-6;;/h2,6-7H,1,3-5H2;;1H/q;+1;/p-1. The van der Waals surface area contributed by atoms with Gasteiger partial charge in [-0.05, 0) is 0 Å². The number of hydrogen-bond donors (Lipinski definition) is 0. The van der Waals surface area contributed by atoms with Crippen LogP contribution in [0.5, 0.6) is 0 Å². The Kier molecular flexibility index (Phi) is 2.93. The normalized spacial score (nSPS) is 45.1. The zero-order chi connectivity index (χ0) is 6.97. The van der Waals surface area contributed by atoms with E-state index in [1.165, 1.54) is 25.7 Å². The van der Waals surface area contributed by atoms with Gasteiger partial charge >= 0.3 is 84.0 Å². The Hall–Kier alpha value is 1.63. The van der Waals surface area contributed by atoms with Crippen LogP contribution in [0.15, 0.2) is 0 Å². The zero-order valence-electron chi connectivity index (χ0n) is 6.05. The maximum absolute atomic E-state index is 5.85. The van der Waals surface area contributed by atoms with Gasteiger partial charge in [0.25, 0.3) is 0 Å². The van der Waals surface area contributed by atoms with Crippen molar-refractivity contribution in [3.63, 3.8) is 0 Å². The Bertz CT molecular complexity index is 131. The van der Waals surface area contributed by atoms with E-state index < -0.39 is 20.2 Å². The summed E-state index contributed by atoms with van der Waals surface area (Å²) in [5.74, 6) is 0. The molecule has 0 amide bonds. The molecule has 0 aliphatic carbocycles. The van der Waals surface area contributed by atoms with Crippen molar-refractivity contribution in [1.82, 2.24) is 0 Å². The average Bonchev–Trinajstić information content (AvgIpc) is 2.34. The summed E-state index contributed by atoms with van der Waals surface area (Å²) in [5.41, 5.74) is 0. The third kappa shape index (κ3) is 1.53. The Labute approximate surface area is 83.1 Å². The molecule has 0 aromatic heterocycles.